The maximum atomic E-state index is 12.8. The van der Waals surface area contributed by atoms with Crippen LogP contribution in [0.1, 0.15) is 73.0 Å². The molecule has 1 fully saturated rings. The SMILES string of the molecule is CCCCCc1ccc(-n2c(C)nc(C(=O)CN3CCCCC3)c2C)cc1. The molecule has 0 atom stereocenters. The number of nitrogens with zero attached hydrogens (tertiary/aromatic N) is 3. The number of rotatable bonds is 8. The molecule has 1 aromatic carbocycles. The number of likely N-dealkylation sites (tertiary alicyclic amines) is 1. The van der Waals surface area contributed by atoms with Crippen LogP contribution < -0.4 is 0 Å². The minimum Gasteiger partial charge on any atom is -0.300 e. The topological polar surface area (TPSA) is 38.1 Å². The normalized spacial score (nSPS) is 15.2. The summed E-state index contributed by atoms with van der Waals surface area (Å²) in [5.74, 6) is 1.03. The van der Waals surface area contributed by atoms with Crippen LogP contribution in [-0.4, -0.2) is 39.9 Å². The van der Waals surface area contributed by atoms with Crippen LogP contribution in [0.4, 0.5) is 0 Å². The third-order valence-corrected chi connectivity index (χ3v) is 5.62. The summed E-state index contributed by atoms with van der Waals surface area (Å²) >= 11 is 0. The van der Waals surface area contributed by atoms with E-state index in [1.54, 1.807) is 0 Å². The van der Waals surface area contributed by atoms with Gasteiger partial charge in [-0.2, -0.15) is 0 Å². The van der Waals surface area contributed by atoms with Gasteiger partial charge >= 0.3 is 0 Å². The number of benzene rings is 1. The number of piperidine rings is 1. The number of hydrogen-bond acceptors (Lipinski definition) is 3. The van der Waals surface area contributed by atoms with Gasteiger partial charge in [0.15, 0.2) is 5.78 Å². The number of Topliss-reactive ketones (excluding diaryl/α,β-unsaturated/α-hetero) is 1. The first-order chi connectivity index (χ1) is 13.1. The molecule has 0 N–H and O–H groups in total. The van der Waals surface area contributed by atoms with Crippen molar-refractivity contribution >= 4 is 5.78 Å². The molecule has 0 radical (unpaired) electrons. The Morgan fingerprint density at radius 3 is 2.41 bits per heavy atom. The van der Waals surface area contributed by atoms with Gasteiger partial charge in [-0.3, -0.25) is 9.69 Å². The molecule has 2 aromatic rings. The van der Waals surface area contributed by atoms with Gasteiger partial charge in [-0.05, 0) is 70.3 Å². The third kappa shape index (κ3) is 4.86. The number of ketones is 1. The molecule has 0 bridgehead atoms. The zero-order valence-electron chi connectivity index (χ0n) is 17.1. The molecule has 4 nitrogen and oxygen atoms in total. The zero-order valence-corrected chi connectivity index (χ0v) is 17.1. The van der Waals surface area contributed by atoms with E-state index in [2.05, 4.69) is 45.6 Å². The largest absolute Gasteiger partial charge is 0.300 e. The molecular weight excluding hydrogens is 334 g/mol. The van der Waals surface area contributed by atoms with Crippen LogP contribution in [0.3, 0.4) is 0 Å². The Morgan fingerprint density at radius 1 is 1.04 bits per heavy atom. The molecule has 1 aliphatic rings. The lowest BCUT2D eigenvalue weighted by Gasteiger charge is -2.25. The molecule has 0 amide bonds. The van der Waals surface area contributed by atoms with E-state index in [0.717, 1.165) is 36.7 Å². The van der Waals surface area contributed by atoms with Gasteiger partial charge in [-0.1, -0.05) is 38.3 Å². The number of carbonyl (C=O) groups is 1. The van der Waals surface area contributed by atoms with E-state index in [0.29, 0.717) is 12.2 Å². The van der Waals surface area contributed by atoms with E-state index in [1.807, 2.05) is 13.8 Å². The van der Waals surface area contributed by atoms with Gasteiger partial charge in [-0.25, -0.2) is 4.98 Å². The highest BCUT2D eigenvalue weighted by Gasteiger charge is 2.21. The quantitative estimate of drug-likeness (QED) is 0.492. The predicted molar refractivity (Wildman–Crippen MR) is 111 cm³/mol. The molecular formula is C23H33N3O. The molecule has 4 heteroatoms. The van der Waals surface area contributed by atoms with Crippen molar-refractivity contribution in [2.45, 2.75) is 65.7 Å². The first-order valence-electron chi connectivity index (χ1n) is 10.5. The molecule has 3 rings (SSSR count). The van der Waals surface area contributed by atoms with Crippen molar-refractivity contribution in [3.05, 3.63) is 47.0 Å². The smallest absolute Gasteiger partial charge is 0.196 e. The van der Waals surface area contributed by atoms with Crippen LogP contribution >= 0.6 is 0 Å². The Morgan fingerprint density at radius 2 is 1.74 bits per heavy atom. The lowest BCUT2D eigenvalue weighted by molar-refractivity contribution is 0.0910. The van der Waals surface area contributed by atoms with Gasteiger partial charge in [0, 0.05) is 5.69 Å². The van der Waals surface area contributed by atoms with Crippen LogP contribution in [-0.2, 0) is 6.42 Å². The average Bonchev–Trinajstić information content (AvgIpc) is 2.98. The second kappa shape index (κ2) is 9.32. The number of aromatic nitrogens is 2. The summed E-state index contributed by atoms with van der Waals surface area (Å²) < 4.78 is 2.11. The van der Waals surface area contributed by atoms with E-state index < -0.39 is 0 Å². The molecule has 0 saturated carbocycles. The summed E-state index contributed by atoms with van der Waals surface area (Å²) in [4.78, 5) is 19.7. The van der Waals surface area contributed by atoms with Gasteiger partial charge in [0.25, 0.3) is 0 Å². The molecule has 2 heterocycles. The Bertz CT molecular complexity index is 755. The monoisotopic (exact) mass is 367 g/mol. The van der Waals surface area contributed by atoms with E-state index in [9.17, 15) is 4.79 Å². The van der Waals surface area contributed by atoms with Crippen LogP contribution in [0.15, 0.2) is 24.3 Å². The fraction of sp³-hybridized carbons (Fsp3) is 0.565. The number of imidazole rings is 1. The van der Waals surface area contributed by atoms with Crippen molar-refractivity contribution in [3.63, 3.8) is 0 Å². The molecule has 27 heavy (non-hydrogen) atoms. The molecule has 146 valence electrons. The summed E-state index contributed by atoms with van der Waals surface area (Å²) in [6.45, 7) is 8.79. The molecule has 1 aromatic heterocycles. The van der Waals surface area contributed by atoms with Gasteiger partial charge < -0.3 is 4.57 Å². The Kier molecular flexibility index (Phi) is 6.84. The third-order valence-electron chi connectivity index (χ3n) is 5.62. The molecule has 1 saturated heterocycles. The van der Waals surface area contributed by atoms with E-state index in [-0.39, 0.29) is 5.78 Å². The summed E-state index contributed by atoms with van der Waals surface area (Å²) in [6.07, 6.45) is 8.59. The van der Waals surface area contributed by atoms with Gasteiger partial charge in [0.2, 0.25) is 0 Å². The highest BCUT2D eigenvalue weighted by atomic mass is 16.1. The number of aryl methyl sites for hydroxylation is 2. The van der Waals surface area contributed by atoms with Crippen molar-refractivity contribution < 1.29 is 4.79 Å². The first kappa shape index (κ1) is 19.8. The highest BCUT2D eigenvalue weighted by Crippen LogP contribution is 2.20. The van der Waals surface area contributed by atoms with Crippen LogP contribution in [0.25, 0.3) is 5.69 Å². The van der Waals surface area contributed by atoms with E-state index in [4.69, 9.17) is 0 Å². The Hall–Kier alpha value is -1.94. The second-order valence-corrected chi connectivity index (χ2v) is 7.81. The van der Waals surface area contributed by atoms with Crippen molar-refractivity contribution in [1.82, 2.24) is 14.5 Å². The summed E-state index contributed by atoms with van der Waals surface area (Å²) in [7, 11) is 0. The van der Waals surface area contributed by atoms with E-state index >= 15 is 0 Å². The highest BCUT2D eigenvalue weighted by molar-refractivity contribution is 5.97. The van der Waals surface area contributed by atoms with Crippen molar-refractivity contribution in [3.8, 4) is 5.69 Å². The maximum Gasteiger partial charge on any atom is 0.196 e. The second-order valence-electron chi connectivity index (χ2n) is 7.81. The molecule has 0 spiro atoms. The van der Waals surface area contributed by atoms with Crippen LogP contribution in [0.2, 0.25) is 0 Å². The summed E-state index contributed by atoms with van der Waals surface area (Å²) in [6, 6.07) is 8.72. The van der Waals surface area contributed by atoms with Crippen LogP contribution in [0.5, 0.6) is 0 Å². The minimum absolute atomic E-state index is 0.146. The van der Waals surface area contributed by atoms with Gasteiger partial charge in [-0.15, -0.1) is 0 Å². The van der Waals surface area contributed by atoms with Crippen LogP contribution in [0, 0.1) is 13.8 Å². The lowest BCUT2D eigenvalue weighted by Crippen LogP contribution is -2.34. The lowest BCUT2D eigenvalue weighted by atomic mass is 10.1. The molecule has 0 aliphatic carbocycles. The van der Waals surface area contributed by atoms with Crippen molar-refractivity contribution in [2.75, 3.05) is 19.6 Å². The van der Waals surface area contributed by atoms with Gasteiger partial charge in [0.1, 0.15) is 11.5 Å². The molecule has 0 unspecified atom stereocenters. The number of carbonyl (C=O) groups excluding carboxylic acids is 1. The first-order valence-corrected chi connectivity index (χ1v) is 10.5. The standard InChI is InChI=1S/C23H33N3O/c1-4-5-7-10-20-11-13-21(14-12-20)26-18(2)23(24-19(26)3)22(27)17-25-15-8-6-9-16-25/h11-14H,4-10,15-17H2,1-3H3. The Labute approximate surface area is 163 Å². The molecule has 1 aliphatic heterocycles. The van der Waals surface area contributed by atoms with Crippen molar-refractivity contribution in [1.29, 1.82) is 0 Å². The van der Waals surface area contributed by atoms with Gasteiger partial charge in [0.05, 0.1) is 12.2 Å². The zero-order chi connectivity index (χ0) is 19.2. The fourth-order valence-electron chi connectivity index (χ4n) is 4.07. The minimum atomic E-state index is 0.146. The maximum absolute atomic E-state index is 12.8. The fourth-order valence-corrected chi connectivity index (χ4v) is 4.07. The number of hydrogen-bond donors (Lipinski definition) is 0. The number of unbranched alkanes of at least 4 members (excludes halogenated alkanes) is 2. The summed E-state index contributed by atoms with van der Waals surface area (Å²) in [5.41, 5.74) is 4.05. The van der Waals surface area contributed by atoms with E-state index in [1.165, 1.54) is 44.1 Å². The predicted octanol–water partition coefficient (Wildman–Crippen LogP) is 4.89. The average molecular weight is 368 g/mol. The Balaban J connectivity index is 1.73. The van der Waals surface area contributed by atoms with Crippen molar-refractivity contribution in [2.24, 2.45) is 0 Å². The summed E-state index contributed by atoms with van der Waals surface area (Å²) in [5, 5.41) is 0.